The molecule has 0 fully saturated rings. The van der Waals surface area contributed by atoms with E-state index in [1.165, 1.54) is 18.2 Å². The highest BCUT2D eigenvalue weighted by Crippen LogP contribution is 2.23. The number of hydrogen-bond acceptors (Lipinski definition) is 3. The first kappa shape index (κ1) is 15.2. The van der Waals surface area contributed by atoms with E-state index in [0.29, 0.717) is 5.56 Å². The van der Waals surface area contributed by atoms with Crippen LogP contribution in [0.4, 0.5) is 5.69 Å². The van der Waals surface area contributed by atoms with Gasteiger partial charge in [-0.05, 0) is 29.0 Å². The van der Waals surface area contributed by atoms with Crippen LogP contribution in [0.2, 0.25) is 0 Å². The highest BCUT2D eigenvalue weighted by molar-refractivity contribution is 7.86. The summed E-state index contributed by atoms with van der Waals surface area (Å²) in [5.74, 6) is -0.446. The topological polar surface area (TPSA) is 83.5 Å². The lowest BCUT2D eigenvalue weighted by molar-refractivity contribution is 0.102. The number of benzene rings is 3. The molecule has 6 heteroatoms. The van der Waals surface area contributed by atoms with E-state index in [0.717, 1.165) is 10.8 Å². The van der Waals surface area contributed by atoms with Gasteiger partial charge in [-0.3, -0.25) is 9.35 Å². The highest BCUT2D eigenvalue weighted by Gasteiger charge is 2.17. The molecule has 23 heavy (non-hydrogen) atoms. The predicted octanol–water partition coefficient (Wildman–Crippen LogP) is 3.34. The molecule has 5 nitrogen and oxygen atoms in total. The van der Waals surface area contributed by atoms with Crippen molar-refractivity contribution >= 4 is 32.5 Å². The highest BCUT2D eigenvalue weighted by atomic mass is 32.2. The van der Waals surface area contributed by atoms with Crippen LogP contribution in [0.5, 0.6) is 0 Å². The van der Waals surface area contributed by atoms with Gasteiger partial charge in [0.1, 0.15) is 4.90 Å². The summed E-state index contributed by atoms with van der Waals surface area (Å²) in [4.78, 5) is 12.2. The molecule has 1 amide bonds. The normalized spacial score (nSPS) is 11.3. The molecule has 0 saturated carbocycles. The summed E-state index contributed by atoms with van der Waals surface area (Å²) in [6, 6.07) is 18.4. The molecule has 3 rings (SSSR count). The second-order valence-electron chi connectivity index (χ2n) is 4.95. The fourth-order valence-electron chi connectivity index (χ4n) is 2.41. The molecule has 0 heterocycles. The Kier molecular flexibility index (Phi) is 3.85. The van der Waals surface area contributed by atoms with Gasteiger partial charge < -0.3 is 5.32 Å². The Bertz CT molecular complexity index is 991. The first-order valence-electron chi connectivity index (χ1n) is 6.82. The predicted molar refractivity (Wildman–Crippen MR) is 88.2 cm³/mol. The van der Waals surface area contributed by atoms with Gasteiger partial charge in [0.05, 0.1) is 5.69 Å². The maximum atomic E-state index is 12.5. The van der Waals surface area contributed by atoms with Crippen molar-refractivity contribution in [3.63, 3.8) is 0 Å². The minimum absolute atomic E-state index is 0.0351. The zero-order chi connectivity index (χ0) is 16.4. The van der Waals surface area contributed by atoms with Crippen LogP contribution >= 0.6 is 0 Å². The van der Waals surface area contributed by atoms with Crippen LogP contribution in [0.15, 0.2) is 71.6 Å². The molecule has 0 spiro atoms. The van der Waals surface area contributed by atoms with Crippen LogP contribution in [-0.4, -0.2) is 18.9 Å². The molecule has 116 valence electrons. The van der Waals surface area contributed by atoms with Crippen LogP contribution in [-0.2, 0) is 10.1 Å². The lowest BCUT2D eigenvalue weighted by Gasteiger charge is -2.10. The van der Waals surface area contributed by atoms with E-state index in [1.54, 1.807) is 18.2 Å². The molecule has 0 aliphatic heterocycles. The SMILES string of the molecule is O=C(Nc1ccccc1S(=O)(=O)O)c1cccc2ccccc12. The molecule has 0 aliphatic rings. The van der Waals surface area contributed by atoms with Crippen molar-refractivity contribution in [2.75, 3.05) is 5.32 Å². The van der Waals surface area contributed by atoms with Crippen molar-refractivity contribution in [3.05, 3.63) is 72.3 Å². The maximum absolute atomic E-state index is 12.5. The maximum Gasteiger partial charge on any atom is 0.296 e. The number of fused-ring (bicyclic) bond motifs is 1. The van der Waals surface area contributed by atoms with Gasteiger partial charge >= 0.3 is 0 Å². The Morgan fingerprint density at radius 2 is 1.52 bits per heavy atom. The van der Waals surface area contributed by atoms with Crippen LogP contribution in [0.1, 0.15) is 10.4 Å². The van der Waals surface area contributed by atoms with Crippen LogP contribution < -0.4 is 5.32 Å². The zero-order valence-electron chi connectivity index (χ0n) is 11.9. The average molecular weight is 327 g/mol. The standard InChI is InChI=1S/C17H13NO4S/c19-17(14-9-5-7-12-6-1-2-8-13(12)14)18-15-10-3-4-11-16(15)23(20,21)22/h1-11H,(H,18,19)(H,20,21,22). The summed E-state index contributed by atoms with van der Waals surface area (Å²) >= 11 is 0. The molecule has 0 aromatic heterocycles. The van der Waals surface area contributed by atoms with E-state index in [1.807, 2.05) is 30.3 Å². The smallest absolute Gasteiger partial charge is 0.296 e. The van der Waals surface area contributed by atoms with E-state index in [2.05, 4.69) is 5.32 Å². The van der Waals surface area contributed by atoms with Crippen LogP contribution in [0, 0.1) is 0 Å². The third-order valence-electron chi connectivity index (χ3n) is 3.45. The van der Waals surface area contributed by atoms with E-state index in [4.69, 9.17) is 0 Å². The monoisotopic (exact) mass is 327 g/mol. The van der Waals surface area contributed by atoms with Gasteiger partial charge in [0.2, 0.25) is 0 Å². The van der Waals surface area contributed by atoms with Gasteiger partial charge in [-0.15, -0.1) is 0 Å². The van der Waals surface area contributed by atoms with Crippen molar-refractivity contribution in [2.24, 2.45) is 0 Å². The van der Waals surface area contributed by atoms with Crippen molar-refractivity contribution in [1.82, 2.24) is 0 Å². The summed E-state index contributed by atoms with van der Waals surface area (Å²) in [5.41, 5.74) is 0.459. The molecular weight excluding hydrogens is 314 g/mol. The quantitative estimate of drug-likeness (QED) is 0.723. The number of rotatable bonds is 3. The number of amides is 1. The van der Waals surface area contributed by atoms with Gasteiger partial charge in [-0.25, -0.2) is 0 Å². The molecule has 3 aromatic rings. The lowest BCUT2D eigenvalue weighted by Crippen LogP contribution is -2.15. The van der Waals surface area contributed by atoms with Crippen LogP contribution in [0.3, 0.4) is 0 Å². The molecule has 0 bridgehead atoms. The number of hydrogen-bond donors (Lipinski definition) is 2. The summed E-state index contributed by atoms with van der Waals surface area (Å²) in [6.07, 6.45) is 0. The fraction of sp³-hybridized carbons (Fsp3) is 0. The third-order valence-corrected chi connectivity index (χ3v) is 4.36. The van der Waals surface area contributed by atoms with Crippen molar-refractivity contribution in [1.29, 1.82) is 0 Å². The minimum atomic E-state index is -4.42. The minimum Gasteiger partial charge on any atom is -0.321 e. The van der Waals surface area contributed by atoms with Gasteiger partial charge in [-0.2, -0.15) is 8.42 Å². The third kappa shape index (κ3) is 3.08. The second kappa shape index (κ2) is 5.83. The van der Waals surface area contributed by atoms with Crippen molar-refractivity contribution < 1.29 is 17.8 Å². The molecule has 0 aliphatic carbocycles. The summed E-state index contributed by atoms with van der Waals surface area (Å²) in [5, 5.41) is 4.21. The van der Waals surface area contributed by atoms with Crippen molar-refractivity contribution in [3.8, 4) is 0 Å². The number of carbonyl (C=O) groups excluding carboxylic acids is 1. The van der Waals surface area contributed by atoms with E-state index >= 15 is 0 Å². The van der Waals surface area contributed by atoms with Gasteiger partial charge in [0.15, 0.2) is 0 Å². The molecule has 0 unspecified atom stereocenters. The van der Waals surface area contributed by atoms with E-state index < -0.39 is 16.0 Å². The Morgan fingerprint density at radius 3 is 2.30 bits per heavy atom. The van der Waals surface area contributed by atoms with Gasteiger partial charge in [0.25, 0.3) is 16.0 Å². The summed E-state index contributed by atoms with van der Waals surface area (Å²) in [7, 11) is -4.42. The average Bonchev–Trinajstić information content (AvgIpc) is 2.54. The van der Waals surface area contributed by atoms with Crippen LogP contribution in [0.25, 0.3) is 10.8 Å². The first-order valence-corrected chi connectivity index (χ1v) is 8.26. The lowest BCUT2D eigenvalue weighted by atomic mass is 10.0. The second-order valence-corrected chi connectivity index (χ2v) is 6.34. The molecular formula is C17H13NO4S. The van der Waals surface area contributed by atoms with Crippen molar-refractivity contribution in [2.45, 2.75) is 4.90 Å². The molecule has 0 atom stereocenters. The largest absolute Gasteiger partial charge is 0.321 e. The number of carbonyl (C=O) groups is 1. The number of nitrogens with one attached hydrogen (secondary N) is 1. The number of para-hydroxylation sites is 1. The first-order chi connectivity index (χ1) is 11.0. The Morgan fingerprint density at radius 1 is 0.870 bits per heavy atom. The Balaban J connectivity index is 2.03. The van der Waals surface area contributed by atoms with E-state index in [9.17, 15) is 17.8 Å². The molecule has 2 N–H and O–H groups in total. The van der Waals surface area contributed by atoms with Gasteiger partial charge in [0, 0.05) is 5.56 Å². The Labute approximate surface area is 133 Å². The van der Waals surface area contributed by atoms with E-state index in [-0.39, 0.29) is 10.6 Å². The zero-order valence-corrected chi connectivity index (χ0v) is 12.7. The van der Waals surface area contributed by atoms with Gasteiger partial charge in [-0.1, -0.05) is 48.5 Å². The summed E-state index contributed by atoms with van der Waals surface area (Å²) in [6.45, 7) is 0. The summed E-state index contributed by atoms with van der Waals surface area (Å²) < 4.78 is 32.0. The molecule has 0 saturated heterocycles. The number of anilines is 1. The molecule has 0 radical (unpaired) electrons. The molecule has 3 aromatic carbocycles. The Hall–Kier alpha value is -2.70. The fourth-order valence-corrected chi connectivity index (χ4v) is 3.06.